The fraction of sp³-hybridized carbons (Fsp3) is 0. The maximum Gasteiger partial charge on any atom is 0.339 e. The summed E-state index contributed by atoms with van der Waals surface area (Å²) in [6.07, 6.45) is 4.85. The highest BCUT2D eigenvalue weighted by Crippen LogP contribution is 2.03. The highest BCUT2D eigenvalue weighted by atomic mass is 16.2. The fourth-order valence-electron chi connectivity index (χ4n) is 1.30. The van der Waals surface area contributed by atoms with Gasteiger partial charge in [-0.3, -0.25) is 4.98 Å². The first-order chi connectivity index (χ1) is 8.84. The Balaban J connectivity index is 1.84. The molecule has 90 valence electrons. The van der Waals surface area contributed by atoms with Crippen molar-refractivity contribution < 1.29 is 4.79 Å². The number of hydrogen-bond donors (Lipinski definition) is 2. The molecule has 1 heterocycles. The molecule has 0 radical (unpaired) electrons. The second kappa shape index (κ2) is 6.15. The lowest BCUT2D eigenvalue weighted by Gasteiger charge is -2.02. The molecule has 0 saturated carbocycles. The van der Waals surface area contributed by atoms with Crippen LogP contribution in [0.2, 0.25) is 0 Å². The van der Waals surface area contributed by atoms with Crippen molar-refractivity contribution in [2.24, 2.45) is 5.10 Å². The molecule has 0 bridgehead atoms. The summed E-state index contributed by atoms with van der Waals surface area (Å²) in [5.41, 5.74) is 3.90. The molecule has 0 aliphatic rings. The average molecular weight is 240 g/mol. The number of pyridine rings is 1. The lowest BCUT2D eigenvalue weighted by molar-refractivity contribution is 0.252. The van der Waals surface area contributed by atoms with Gasteiger partial charge in [-0.05, 0) is 18.2 Å². The number of rotatable bonds is 3. The van der Waals surface area contributed by atoms with E-state index in [2.05, 4.69) is 20.8 Å². The lowest BCUT2D eigenvalue weighted by Crippen LogP contribution is -2.24. The fourth-order valence-corrected chi connectivity index (χ4v) is 1.30. The molecule has 2 amide bonds. The molecule has 1 aromatic heterocycles. The summed E-state index contributed by atoms with van der Waals surface area (Å²) in [6, 6.07) is 12.4. The molecule has 0 aliphatic heterocycles. The average Bonchev–Trinajstić information content (AvgIpc) is 2.41. The molecule has 5 nitrogen and oxygen atoms in total. The number of anilines is 1. The van der Waals surface area contributed by atoms with E-state index in [1.807, 2.05) is 24.3 Å². The number of nitrogens with one attached hydrogen (secondary N) is 2. The summed E-state index contributed by atoms with van der Waals surface area (Å²) in [7, 11) is 0. The zero-order valence-electron chi connectivity index (χ0n) is 9.58. The van der Waals surface area contributed by atoms with E-state index in [0.717, 1.165) is 5.56 Å². The summed E-state index contributed by atoms with van der Waals surface area (Å²) >= 11 is 0. The first-order valence-corrected chi connectivity index (χ1v) is 5.40. The minimum absolute atomic E-state index is 0.388. The van der Waals surface area contributed by atoms with Gasteiger partial charge in [0.1, 0.15) is 0 Å². The topological polar surface area (TPSA) is 66.4 Å². The van der Waals surface area contributed by atoms with Crippen molar-refractivity contribution in [3.8, 4) is 0 Å². The Bertz CT molecular complexity index is 525. The predicted molar refractivity (Wildman–Crippen MR) is 70.4 cm³/mol. The summed E-state index contributed by atoms with van der Waals surface area (Å²) < 4.78 is 0. The molecule has 2 rings (SSSR count). The van der Waals surface area contributed by atoms with E-state index >= 15 is 0 Å². The maximum atomic E-state index is 11.5. The van der Waals surface area contributed by atoms with Crippen LogP contribution in [0.25, 0.3) is 0 Å². The van der Waals surface area contributed by atoms with Crippen molar-refractivity contribution in [2.45, 2.75) is 0 Å². The van der Waals surface area contributed by atoms with Crippen molar-refractivity contribution in [1.29, 1.82) is 0 Å². The Morgan fingerprint density at radius 3 is 2.72 bits per heavy atom. The summed E-state index contributed by atoms with van der Waals surface area (Å²) in [4.78, 5) is 15.4. The van der Waals surface area contributed by atoms with E-state index in [4.69, 9.17) is 0 Å². The molecule has 2 N–H and O–H groups in total. The summed E-state index contributed by atoms with van der Waals surface area (Å²) in [6.45, 7) is 0. The van der Waals surface area contributed by atoms with Gasteiger partial charge < -0.3 is 5.32 Å². The van der Waals surface area contributed by atoms with Crippen LogP contribution in [-0.4, -0.2) is 17.2 Å². The van der Waals surface area contributed by atoms with Gasteiger partial charge in [0.2, 0.25) is 0 Å². The number of hydrogen-bond acceptors (Lipinski definition) is 3. The molecular formula is C13H12N4O. The third-order valence-electron chi connectivity index (χ3n) is 2.10. The van der Waals surface area contributed by atoms with Crippen molar-refractivity contribution in [3.63, 3.8) is 0 Å². The first-order valence-electron chi connectivity index (χ1n) is 5.40. The molecule has 2 aromatic rings. The zero-order valence-corrected chi connectivity index (χ0v) is 9.58. The van der Waals surface area contributed by atoms with Crippen molar-refractivity contribution in [3.05, 3.63) is 60.4 Å². The standard InChI is InChI=1S/C13H12N4O/c18-13(16-12-6-2-1-3-7-12)17-15-10-11-5-4-8-14-9-11/h1-10H,(H2,16,17,18)/b15-10+. The number of benzene rings is 1. The zero-order chi connectivity index (χ0) is 12.6. The Morgan fingerprint density at radius 1 is 1.17 bits per heavy atom. The van der Waals surface area contributed by atoms with E-state index in [9.17, 15) is 4.79 Å². The van der Waals surface area contributed by atoms with Crippen LogP contribution in [0.5, 0.6) is 0 Å². The Kier molecular flexibility index (Phi) is 4.02. The number of hydrazone groups is 1. The van der Waals surface area contributed by atoms with Gasteiger partial charge in [0, 0.05) is 23.6 Å². The van der Waals surface area contributed by atoms with Gasteiger partial charge in [-0.25, -0.2) is 10.2 Å². The van der Waals surface area contributed by atoms with Gasteiger partial charge in [-0.2, -0.15) is 5.10 Å². The molecular weight excluding hydrogens is 228 g/mol. The molecule has 0 aliphatic carbocycles. The Morgan fingerprint density at radius 2 is 2.00 bits per heavy atom. The molecule has 0 atom stereocenters. The highest BCUT2D eigenvalue weighted by Gasteiger charge is 1.97. The quantitative estimate of drug-likeness (QED) is 0.638. The van der Waals surface area contributed by atoms with Gasteiger partial charge in [-0.15, -0.1) is 0 Å². The number of urea groups is 1. The largest absolute Gasteiger partial charge is 0.339 e. The third kappa shape index (κ3) is 3.71. The molecule has 5 heteroatoms. The van der Waals surface area contributed by atoms with Crippen LogP contribution in [0, 0.1) is 0 Å². The second-order valence-electron chi connectivity index (χ2n) is 3.48. The van der Waals surface area contributed by atoms with Crippen LogP contribution >= 0.6 is 0 Å². The van der Waals surface area contributed by atoms with Crippen LogP contribution in [0.3, 0.4) is 0 Å². The number of para-hydroxylation sites is 1. The van der Waals surface area contributed by atoms with E-state index in [-0.39, 0.29) is 6.03 Å². The van der Waals surface area contributed by atoms with E-state index in [1.54, 1.807) is 30.6 Å². The van der Waals surface area contributed by atoms with E-state index in [1.165, 1.54) is 6.21 Å². The number of amides is 2. The molecule has 0 unspecified atom stereocenters. The van der Waals surface area contributed by atoms with Crippen molar-refractivity contribution >= 4 is 17.9 Å². The van der Waals surface area contributed by atoms with E-state index < -0.39 is 0 Å². The maximum absolute atomic E-state index is 11.5. The smallest absolute Gasteiger partial charge is 0.307 e. The predicted octanol–water partition coefficient (Wildman–Crippen LogP) is 2.24. The monoisotopic (exact) mass is 240 g/mol. The number of nitrogens with zero attached hydrogens (tertiary/aromatic N) is 2. The Labute approximate surface area is 105 Å². The minimum Gasteiger partial charge on any atom is -0.307 e. The summed E-state index contributed by atoms with van der Waals surface area (Å²) in [5, 5.41) is 6.46. The van der Waals surface area contributed by atoms with Crippen LogP contribution in [0.15, 0.2) is 60.0 Å². The van der Waals surface area contributed by atoms with Gasteiger partial charge in [0.05, 0.1) is 6.21 Å². The first kappa shape index (κ1) is 11.8. The molecule has 0 saturated heterocycles. The lowest BCUT2D eigenvalue weighted by atomic mass is 10.3. The molecule has 0 fully saturated rings. The van der Waals surface area contributed by atoms with Gasteiger partial charge in [0.25, 0.3) is 0 Å². The van der Waals surface area contributed by atoms with Crippen molar-refractivity contribution in [2.75, 3.05) is 5.32 Å². The van der Waals surface area contributed by atoms with Gasteiger partial charge in [0.15, 0.2) is 0 Å². The normalized spacial score (nSPS) is 10.2. The third-order valence-corrected chi connectivity index (χ3v) is 2.10. The van der Waals surface area contributed by atoms with Gasteiger partial charge >= 0.3 is 6.03 Å². The second-order valence-corrected chi connectivity index (χ2v) is 3.48. The van der Waals surface area contributed by atoms with Crippen LogP contribution in [-0.2, 0) is 0 Å². The van der Waals surface area contributed by atoms with Crippen LogP contribution < -0.4 is 10.7 Å². The van der Waals surface area contributed by atoms with Crippen molar-refractivity contribution in [1.82, 2.24) is 10.4 Å². The summed E-state index contributed by atoms with van der Waals surface area (Å²) in [5.74, 6) is 0. The Hall–Kier alpha value is -2.69. The highest BCUT2D eigenvalue weighted by molar-refractivity contribution is 5.90. The van der Waals surface area contributed by atoms with Crippen LogP contribution in [0.4, 0.5) is 10.5 Å². The molecule has 0 spiro atoms. The molecule has 1 aromatic carbocycles. The number of carbonyl (C=O) groups excluding carboxylic acids is 1. The minimum atomic E-state index is -0.388. The number of carbonyl (C=O) groups is 1. The van der Waals surface area contributed by atoms with E-state index in [0.29, 0.717) is 5.69 Å². The van der Waals surface area contributed by atoms with Crippen LogP contribution in [0.1, 0.15) is 5.56 Å². The number of aromatic nitrogens is 1. The molecule has 18 heavy (non-hydrogen) atoms. The van der Waals surface area contributed by atoms with Gasteiger partial charge in [-0.1, -0.05) is 24.3 Å². The SMILES string of the molecule is O=C(N/N=C/c1cccnc1)Nc1ccccc1.